The van der Waals surface area contributed by atoms with Gasteiger partial charge < -0.3 is 15.2 Å². The molecule has 4 rings (SSSR count). The summed E-state index contributed by atoms with van der Waals surface area (Å²) in [4.78, 5) is 2.58. The number of anilines is 1. The van der Waals surface area contributed by atoms with Crippen LogP contribution in [0.15, 0.2) is 12.1 Å². The van der Waals surface area contributed by atoms with E-state index in [0.29, 0.717) is 13.2 Å². The van der Waals surface area contributed by atoms with Crippen molar-refractivity contribution in [2.75, 3.05) is 25.5 Å². The van der Waals surface area contributed by atoms with Gasteiger partial charge in [0.25, 0.3) is 0 Å². The number of fused-ring (bicyclic) bond motifs is 3. The predicted molar refractivity (Wildman–Crippen MR) is 73.4 cm³/mol. The van der Waals surface area contributed by atoms with Crippen molar-refractivity contribution < 1.29 is 9.47 Å². The number of ether oxygens (including phenoxy) is 2. The molecule has 0 radical (unpaired) electrons. The number of rotatable bonds is 2. The topological polar surface area (TPSA) is 47.7 Å². The van der Waals surface area contributed by atoms with Crippen molar-refractivity contribution in [1.82, 2.24) is 4.90 Å². The first-order valence-corrected chi connectivity index (χ1v) is 7.21. The lowest BCUT2D eigenvalue weighted by atomic mass is 10.1. The molecule has 2 aliphatic heterocycles. The number of nitrogen functional groups attached to an aromatic ring is 1. The highest BCUT2D eigenvalue weighted by Crippen LogP contribution is 2.40. The quantitative estimate of drug-likeness (QED) is 0.827. The molecule has 1 aromatic carbocycles. The van der Waals surface area contributed by atoms with E-state index in [4.69, 9.17) is 15.2 Å². The van der Waals surface area contributed by atoms with Gasteiger partial charge >= 0.3 is 0 Å². The maximum Gasteiger partial charge on any atom is 0.163 e. The molecule has 1 aromatic rings. The van der Waals surface area contributed by atoms with Crippen LogP contribution in [0, 0.1) is 5.92 Å². The fourth-order valence-electron chi connectivity index (χ4n) is 3.72. The Bertz CT molecular complexity index is 503. The normalized spacial score (nSPS) is 28.8. The summed E-state index contributed by atoms with van der Waals surface area (Å²) in [6, 6.07) is 4.76. The Kier molecular flexibility index (Phi) is 2.58. The van der Waals surface area contributed by atoms with Crippen molar-refractivity contribution in [2.45, 2.75) is 31.8 Å². The number of nitrogens with zero attached hydrogens (tertiary/aromatic N) is 1. The van der Waals surface area contributed by atoms with E-state index < -0.39 is 0 Å². The van der Waals surface area contributed by atoms with E-state index in [1.54, 1.807) is 0 Å². The van der Waals surface area contributed by atoms with E-state index in [1.165, 1.54) is 31.4 Å². The van der Waals surface area contributed by atoms with Gasteiger partial charge in [-0.15, -0.1) is 0 Å². The van der Waals surface area contributed by atoms with Crippen molar-refractivity contribution in [1.29, 1.82) is 0 Å². The molecule has 4 heteroatoms. The van der Waals surface area contributed by atoms with Crippen molar-refractivity contribution in [3.05, 3.63) is 17.7 Å². The molecule has 1 saturated carbocycles. The van der Waals surface area contributed by atoms with Crippen molar-refractivity contribution in [3.63, 3.8) is 0 Å². The standard InChI is InChI=1S/C15H20N2O2/c16-13-7-15-14(18-3-4-19-15)6-11(13)9-17-8-10-1-2-12(17)5-10/h6-7,10,12H,1-5,8-9,16H2. The second-order valence-corrected chi connectivity index (χ2v) is 5.96. The monoisotopic (exact) mass is 260 g/mol. The molecule has 2 fully saturated rings. The molecule has 1 aliphatic carbocycles. The van der Waals surface area contributed by atoms with Crippen LogP contribution in [-0.2, 0) is 6.54 Å². The van der Waals surface area contributed by atoms with Crippen LogP contribution in [0.2, 0.25) is 0 Å². The first-order valence-electron chi connectivity index (χ1n) is 7.21. The van der Waals surface area contributed by atoms with Gasteiger partial charge in [-0.25, -0.2) is 0 Å². The largest absolute Gasteiger partial charge is 0.486 e. The molecule has 2 atom stereocenters. The Morgan fingerprint density at radius 2 is 1.95 bits per heavy atom. The minimum absolute atomic E-state index is 0.613. The van der Waals surface area contributed by atoms with E-state index in [1.807, 2.05) is 6.07 Å². The lowest BCUT2D eigenvalue weighted by molar-refractivity contribution is 0.170. The predicted octanol–water partition coefficient (Wildman–Crippen LogP) is 2.02. The van der Waals surface area contributed by atoms with Gasteiger partial charge in [0.15, 0.2) is 11.5 Å². The molecule has 19 heavy (non-hydrogen) atoms. The van der Waals surface area contributed by atoms with Crippen LogP contribution < -0.4 is 15.2 Å². The average molecular weight is 260 g/mol. The van der Waals surface area contributed by atoms with E-state index in [-0.39, 0.29) is 0 Å². The molecule has 0 amide bonds. The lowest BCUT2D eigenvalue weighted by Gasteiger charge is -2.28. The smallest absolute Gasteiger partial charge is 0.163 e. The van der Waals surface area contributed by atoms with Gasteiger partial charge in [-0.1, -0.05) is 0 Å². The van der Waals surface area contributed by atoms with Crippen LogP contribution in [-0.4, -0.2) is 30.7 Å². The van der Waals surface area contributed by atoms with Crippen molar-refractivity contribution in [3.8, 4) is 11.5 Å². The SMILES string of the molecule is Nc1cc2c(cc1CN1CC3CCC1C3)OCCO2. The van der Waals surface area contributed by atoms with Crippen LogP contribution in [0.25, 0.3) is 0 Å². The summed E-state index contributed by atoms with van der Waals surface area (Å²) < 4.78 is 11.2. The second kappa shape index (κ2) is 4.30. The maximum atomic E-state index is 6.16. The second-order valence-electron chi connectivity index (χ2n) is 5.96. The van der Waals surface area contributed by atoms with Gasteiger partial charge in [0.2, 0.25) is 0 Å². The van der Waals surface area contributed by atoms with Crippen molar-refractivity contribution in [2.24, 2.45) is 5.92 Å². The first-order chi connectivity index (χ1) is 9.29. The molecule has 1 saturated heterocycles. The summed E-state index contributed by atoms with van der Waals surface area (Å²) in [6.07, 6.45) is 4.15. The van der Waals surface area contributed by atoms with Crippen LogP contribution in [0.5, 0.6) is 11.5 Å². The summed E-state index contributed by atoms with van der Waals surface area (Å²) >= 11 is 0. The number of nitrogens with two attached hydrogens (primary N) is 1. The lowest BCUT2D eigenvalue weighted by Crippen LogP contribution is -2.31. The Labute approximate surface area is 113 Å². The Balaban J connectivity index is 1.57. The molecular weight excluding hydrogens is 240 g/mol. The highest BCUT2D eigenvalue weighted by atomic mass is 16.6. The molecule has 0 aromatic heterocycles. The molecule has 2 unspecified atom stereocenters. The molecule has 2 heterocycles. The maximum absolute atomic E-state index is 6.16. The van der Waals surface area contributed by atoms with Gasteiger partial charge in [0, 0.05) is 30.9 Å². The zero-order chi connectivity index (χ0) is 12.8. The number of hydrogen-bond donors (Lipinski definition) is 1. The van der Waals surface area contributed by atoms with Gasteiger partial charge in [-0.2, -0.15) is 0 Å². The summed E-state index contributed by atoms with van der Waals surface area (Å²) in [7, 11) is 0. The molecule has 3 aliphatic rings. The molecule has 102 valence electrons. The van der Waals surface area contributed by atoms with E-state index >= 15 is 0 Å². The summed E-state index contributed by atoms with van der Waals surface area (Å²) in [6.45, 7) is 3.43. The third-order valence-electron chi connectivity index (χ3n) is 4.70. The van der Waals surface area contributed by atoms with Gasteiger partial charge in [0.05, 0.1) is 0 Å². The van der Waals surface area contributed by atoms with Crippen molar-refractivity contribution >= 4 is 5.69 Å². The molecular formula is C15H20N2O2. The molecule has 2 bridgehead atoms. The summed E-state index contributed by atoms with van der Waals surface area (Å²) in [5, 5.41) is 0. The van der Waals surface area contributed by atoms with Crippen LogP contribution in [0.3, 0.4) is 0 Å². The van der Waals surface area contributed by atoms with Gasteiger partial charge in [0.1, 0.15) is 13.2 Å². The minimum Gasteiger partial charge on any atom is -0.486 e. The minimum atomic E-state index is 0.613. The number of piperidine rings is 1. The Morgan fingerprint density at radius 1 is 1.16 bits per heavy atom. The van der Waals surface area contributed by atoms with Crippen LogP contribution >= 0.6 is 0 Å². The number of benzene rings is 1. The first kappa shape index (κ1) is 11.4. The highest BCUT2D eigenvalue weighted by molar-refractivity contribution is 5.58. The summed E-state index contributed by atoms with van der Waals surface area (Å²) in [5.41, 5.74) is 8.16. The van der Waals surface area contributed by atoms with Gasteiger partial charge in [-0.3, -0.25) is 4.90 Å². The van der Waals surface area contributed by atoms with E-state index in [2.05, 4.69) is 11.0 Å². The van der Waals surface area contributed by atoms with Crippen LogP contribution in [0.1, 0.15) is 24.8 Å². The fraction of sp³-hybridized carbons (Fsp3) is 0.600. The fourth-order valence-corrected chi connectivity index (χ4v) is 3.72. The molecule has 2 N–H and O–H groups in total. The third-order valence-corrected chi connectivity index (χ3v) is 4.70. The Hall–Kier alpha value is -1.42. The van der Waals surface area contributed by atoms with E-state index in [9.17, 15) is 0 Å². The van der Waals surface area contributed by atoms with E-state index in [0.717, 1.165) is 35.7 Å². The zero-order valence-electron chi connectivity index (χ0n) is 11.1. The van der Waals surface area contributed by atoms with Crippen LogP contribution in [0.4, 0.5) is 5.69 Å². The summed E-state index contributed by atoms with van der Waals surface area (Å²) in [5.74, 6) is 2.55. The number of hydrogen-bond acceptors (Lipinski definition) is 4. The number of likely N-dealkylation sites (tertiary alicyclic amines) is 1. The zero-order valence-corrected chi connectivity index (χ0v) is 11.1. The molecule has 0 spiro atoms. The Morgan fingerprint density at radius 3 is 2.63 bits per heavy atom. The van der Waals surface area contributed by atoms with Gasteiger partial charge in [-0.05, 0) is 36.8 Å². The third kappa shape index (κ3) is 1.94. The molecule has 4 nitrogen and oxygen atoms in total. The highest BCUT2D eigenvalue weighted by Gasteiger charge is 2.37. The average Bonchev–Trinajstić information content (AvgIpc) is 3.02.